The summed E-state index contributed by atoms with van der Waals surface area (Å²) in [4.78, 5) is 1.26. The average Bonchev–Trinajstić information content (AvgIpc) is 2.65. The zero-order valence-electron chi connectivity index (χ0n) is 14.4. The van der Waals surface area contributed by atoms with Gasteiger partial charge in [-0.2, -0.15) is 0 Å². The molecule has 5 rings (SSSR count). The molecule has 3 fully saturated rings. The van der Waals surface area contributed by atoms with Gasteiger partial charge in [0.15, 0.2) is 0 Å². The van der Waals surface area contributed by atoms with Crippen LogP contribution in [-0.2, 0) is 0 Å². The highest BCUT2D eigenvalue weighted by Gasteiger charge is 2.38. The number of piperidine rings is 3. The number of fused-ring (bicyclic) bond motifs is 4. The van der Waals surface area contributed by atoms with Gasteiger partial charge in [0.1, 0.15) is 0 Å². The Bertz CT molecular complexity index is 692. The van der Waals surface area contributed by atoms with Crippen LogP contribution < -0.4 is 5.11 Å². The van der Waals surface area contributed by atoms with Crippen LogP contribution in [0.5, 0.6) is 5.75 Å². The maximum absolute atomic E-state index is 11.9. The molecule has 3 heterocycles. The molecule has 0 aliphatic carbocycles. The van der Waals surface area contributed by atoms with Crippen molar-refractivity contribution in [3.63, 3.8) is 0 Å². The van der Waals surface area contributed by atoms with Gasteiger partial charge in [-0.05, 0) is 60.6 Å². The zero-order valence-corrected chi connectivity index (χ0v) is 15.2. The van der Waals surface area contributed by atoms with Gasteiger partial charge in [-0.25, -0.2) is 0 Å². The topological polar surface area (TPSA) is 23.1 Å². The first-order valence-corrected chi connectivity index (χ1v) is 10.4. The van der Waals surface area contributed by atoms with Crippen LogP contribution in [0.3, 0.4) is 0 Å². The number of thioether (sulfide) groups is 1. The molecule has 2 bridgehead atoms. The molecule has 0 spiro atoms. The molecule has 2 nitrogen and oxygen atoms in total. The normalized spacial score (nSPS) is 26.1. The van der Waals surface area contributed by atoms with Crippen LogP contribution in [0.4, 0.5) is 0 Å². The molecule has 0 N–H and O–H groups in total. The Balaban J connectivity index is 1.30. The second-order valence-corrected chi connectivity index (χ2v) is 8.77. The van der Waals surface area contributed by atoms with Gasteiger partial charge in [-0.1, -0.05) is 30.3 Å². The summed E-state index contributed by atoms with van der Waals surface area (Å²) in [5.41, 5.74) is 0. The van der Waals surface area contributed by atoms with Gasteiger partial charge in [-0.15, -0.1) is 17.5 Å². The number of unbranched alkanes of at least 4 members (excludes halogenated alkanes) is 1. The van der Waals surface area contributed by atoms with E-state index in [1.54, 1.807) is 6.07 Å². The summed E-state index contributed by atoms with van der Waals surface area (Å²) in [6.07, 6.45) is 7.05. The Kier molecular flexibility index (Phi) is 4.73. The summed E-state index contributed by atoms with van der Waals surface area (Å²) in [5, 5.41) is 13.9. The van der Waals surface area contributed by atoms with Gasteiger partial charge in [0, 0.05) is 4.90 Å². The first-order valence-electron chi connectivity index (χ1n) is 9.42. The van der Waals surface area contributed by atoms with E-state index in [0.29, 0.717) is 0 Å². The number of hydrogen-bond acceptors (Lipinski definition) is 2. The lowest BCUT2D eigenvalue weighted by atomic mass is 9.85. The summed E-state index contributed by atoms with van der Waals surface area (Å²) in [7, 11) is 0. The van der Waals surface area contributed by atoms with Crippen molar-refractivity contribution in [2.45, 2.75) is 37.0 Å². The van der Waals surface area contributed by atoms with Crippen molar-refractivity contribution in [2.75, 3.05) is 31.9 Å². The summed E-state index contributed by atoms with van der Waals surface area (Å²) in [5.74, 6) is 2.35. The van der Waals surface area contributed by atoms with E-state index >= 15 is 0 Å². The van der Waals surface area contributed by atoms with E-state index in [-0.39, 0.29) is 5.75 Å². The monoisotopic (exact) mass is 341 g/mol. The van der Waals surface area contributed by atoms with E-state index in [0.717, 1.165) is 22.4 Å². The van der Waals surface area contributed by atoms with Crippen molar-refractivity contribution < 1.29 is 9.59 Å². The molecule has 0 atom stereocenters. The Morgan fingerprint density at radius 3 is 2.38 bits per heavy atom. The Hall–Kier alpha value is -1.19. The third-order valence-electron chi connectivity index (χ3n) is 6.16. The minimum Gasteiger partial charge on any atom is -0.872 e. The highest BCUT2D eigenvalue weighted by molar-refractivity contribution is 7.99. The SMILES string of the molecule is [O-]c1ccc(SCCCC[N+]23CCC(CC2)CC3)c2ccccc12. The van der Waals surface area contributed by atoms with Crippen LogP contribution in [0.2, 0.25) is 0 Å². The van der Waals surface area contributed by atoms with Crippen LogP contribution in [-0.4, -0.2) is 36.4 Å². The van der Waals surface area contributed by atoms with E-state index in [9.17, 15) is 5.11 Å². The van der Waals surface area contributed by atoms with Crippen molar-refractivity contribution in [1.82, 2.24) is 0 Å². The fourth-order valence-corrected chi connectivity index (χ4v) is 5.64. The molecule has 3 saturated heterocycles. The molecule has 0 saturated carbocycles. The van der Waals surface area contributed by atoms with Gasteiger partial charge in [0.2, 0.25) is 0 Å². The van der Waals surface area contributed by atoms with Crippen LogP contribution in [0, 0.1) is 5.92 Å². The minimum atomic E-state index is 0.138. The third-order valence-corrected chi connectivity index (χ3v) is 7.32. The lowest BCUT2D eigenvalue weighted by Gasteiger charge is -2.49. The van der Waals surface area contributed by atoms with Crippen LogP contribution in [0.25, 0.3) is 10.8 Å². The van der Waals surface area contributed by atoms with Gasteiger partial charge >= 0.3 is 0 Å². The Morgan fingerprint density at radius 1 is 0.917 bits per heavy atom. The lowest BCUT2D eigenvalue weighted by Crippen LogP contribution is -2.58. The van der Waals surface area contributed by atoms with Crippen molar-refractivity contribution in [3.05, 3.63) is 36.4 Å². The molecule has 0 unspecified atom stereocenters. The zero-order chi connectivity index (χ0) is 16.4. The molecule has 0 radical (unpaired) electrons. The second-order valence-electron chi connectivity index (χ2n) is 7.63. The van der Waals surface area contributed by atoms with Crippen LogP contribution in [0.15, 0.2) is 41.3 Å². The molecule has 3 heteroatoms. The molecular formula is C21H27NOS. The minimum absolute atomic E-state index is 0.138. The molecule has 24 heavy (non-hydrogen) atoms. The molecular weight excluding hydrogens is 314 g/mol. The molecule has 128 valence electrons. The predicted molar refractivity (Wildman–Crippen MR) is 100 cm³/mol. The van der Waals surface area contributed by atoms with Crippen molar-refractivity contribution in [1.29, 1.82) is 0 Å². The van der Waals surface area contributed by atoms with E-state index in [2.05, 4.69) is 6.07 Å². The fourth-order valence-electron chi connectivity index (χ4n) is 4.57. The quantitative estimate of drug-likeness (QED) is 0.441. The summed E-state index contributed by atoms with van der Waals surface area (Å²) < 4.78 is 1.41. The molecule has 3 aliphatic rings. The maximum Gasteiger partial charge on any atom is 0.0789 e. The molecule has 0 aromatic heterocycles. The number of benzene rings is 2. The molecule has 3 aliphatic heterocycles. The van der Waals surface area contributed by atoms with Crippen LogP contribution in [0.1, 0.15) is 32.1 Å². The first kappa shape index (κ1) is 16.3. The number of rotatable bonds is 6. The third kappa shape index (κ3) is 3.29. The molecule has 2 aromatic carbocycles. The lowest BCUT2D eigenvalue weighted by molar-refractivity contribution is -0.942. The van der Waals surface area contributed by atoms with Gasteiger partial charge in [-0.3, -0.25) is 0 Å². The summed E-state index contributed by atoms with van der Waals surface area (Å²) in [6.45, 7) is 5.70. The van der Waals surface area contributed by atoms with Crippen LogP contribution >= 0.6 is 11.8 Å². The fraction of sp³-hybridized carbons (Fsp3) is 0.524. The van der Waals surface area contributed by atoms with Gasteiger partial charge < -0.3 is 9.59 Å². The van der Waals surface area contributed by atoms with Gasteiger partial charge in [0.05, 0.1) is 26.2 Å². The number of nitrogens with zero attached hydrogens (tertiary/aromatic N) is 1. The van der Waals surface area contributed by atoms with Crippen molar-refractivity contribution >= 4 is 22.5 Å². The maximum atomic E-state index is 11.9. The molecule has 0 amide bonds. The predicted octanol–water partition coefficient (Wildman–Crippen LogP) is 4.42. The van der Waals surface area contributed by atoms with Gasteiger partial charge in [0.25, 0.3) is 0 Å². The van der Waals surface area contributed by atoms with E-state index in [1.807, 2.05) is 36.0 Å². The second kappa shape index (κ2) is 6.97. The highest BCUT2D eigenvalue weighted by atomic mass is 32.2. The average molecular weight is 342 g/mol. The highest BCUT2D eigenvalue weighted by Crippen LogP contribution is 2.35. The van der Waals surface area contributed by atoms with E-state index in [1.165, 1.54) is 67.7 Å². The van der Waals surface area contributed by atoms with Crippen molar-refractivity contribution in [2.24, 2.45) is 5.92 Å². The Morgan fingerprint density at radius 2 is 1.62 bits per heavy atom. The first-order chi connectivity index (χ1) is 11.8. The van der Waals surface area contributed by atoms with E-state index < -0.39 is 0 Å². The summed E-state index contributed by atoms with van der Waals surface area (Å²) >= 11 is 1.92. The molecule has 2 aromatic rings. The standard InChI is InChI=1S/C21H27NOS/c23-20-7-8-21(19-6-2-1-5-18(19)20)24-16-4-3-12-22-13-9-17(10-14-22)11-15-22/h1-2,5-8,17H,3-4,9-16H2. The number of hydrogen-bond donors (Lipinski definition) is 0. The smallest absolute Gasteiger partial charge is 0.0789 e. The summed E-state index contributed by atoms with van der Waals surface area (Å²) in [6, 6.07) is 11.7. The number of quaternary nitrogens is 1. The van der Waals surface area contributed by atoms with E-state index in [4.69, 9.17) is 0 Å². The van der Waals surface area contributed by atoms with Crippen molar-refractivity contribution in [3.8, 4) is 5.75 Å². The Labute approximate surface area is 149 Å². The largest absolute Gasteiger partial charge is 0.872 e.